The highest BCUT2D eigenvalue weighted by molar-refractivity contribution is 5.92. The summed E-state index contributed by atoms with van der Waals surface area (Å²) in [5.74, 6) is -1.16. The molecular formula is C18H10F6O3. The van der Waals surface area contributed by atoms with Gasteiger partial charge in [-0.3, -0.25) is 0 Å². The molecule has 0 radical (unpaired) electrons. The van der Waals surface area contributed by atoms with Gasteiger partial charge in [-0.15, -0.1) is 0 Å². The number of fused-ring (bicyclic) bond motifs is 1. The zero-order valence-electron chi connectivity index (χ0n) is 13.3. The van der Waals surface area contributed by atoms with Crippen LogP contribution in [-0.2, 0) is 12.4 Å². The lowest BCUT2D eigenvalue weighted by Crippen LogP contribution is -2.15. The number of hydrogen-bond donors (Lipinski definition) is 1. The van der Waals surface area contributed by atoms with Crippen LogP contribution in [0.5, 0.6) is 5.75 Å². The molecule has 0 bridgehead atoms. The molecule has 0 aliphatic carbocycles. The number of alkyl halides is 6. The second kappa shape index (κ2) is 6.33. The SMILES string of the molecule is O=C(O)c1ccc2c(c1)C(c1ccc(C(F)(F)F)cc1C(F)(F)F)=CCO2. The summed E-state index contributed by atoms with van der Waals surface area (Å²) in [6, 6.07) is 4.99. The van der Waals surface area contributed by atoms with E-state index in [2.05, 4.69) is 0 Å². The first kappa shape index (κ1) is 18.8. The standard InChI is InChI=1S/C18H10F6O3/c19-17(20,21)10-2-3-12(14(8-10)18(22,23)24)11-5-6-27-15-4-1-9(16(25)26)7-13(11)15/h1-5,7-8H,6H2,(H,25,26). The smallest absolute Gasteiger partial charge is 0.417 e. The van der Waals surface area contributed by atoms with Gasteiger partial charge < -0.3 is 9.84 Å². The summed E-state index contributed by atoms with van der Waals surface area (Å²) < 4.78 is 84.1. The molecule has 1 aliphatic rings. The van der Waals surface area contributed by atoms with Crippen molar-refractivity contribution in [3.8, 4) is 5.75 Å². The van der Waals surface area contributed by atoms with Crippen LogP contribution in [0.15, 0.2) is 42.5 Å². The Balaban J connectivity index is 2.22. The molecular weight excluding hydrogens is 378 g/mol. The van der Waals surface area contributed by atoms with E-state index >= 15 is 0 Å². The average molecular weight is 388 g/mol. The van der Waals surface area contributed by atoms with E-state index in [1.807, 2.05) is 0 Å². The molecule has 0 atom stereocenters. The zero-order valence-corrected chi connectivity index (χ0v) is 13.3. The van der Waals surface area contributed by atoms with Crippen molar-refractivity contribution in [2.45, 2.75) is 12.4 Å². The molecule has 3 rings (SSSR count). The lowest BCUT2D eigenvalue weighted by Gasteiger charge is -2.23. The predicted molar refractivity (Wildman–Crippen MR) is 82.4 cm³/mol. The predicted octanol–water partition coefficient (Wildman–Crippen LogP) is 5.25. The van der Waals surface area contributed by atoms with Gasteiger partial charge in [0.25, 0.3) is 0 Å². The van der Waals surface area contributed by atoms with Crippen LogP contribution in [0.25, 0.3) is 5.57 Å². The van der Waals surface area contributed by atoms with Crippen LogP contribution >= 0.6 is 0 Å². The molecule has 0 spiro atoms. The number of halogens is 6. The number of carbonyl (C=O) groups is 1. The van der Waals surface area contributed by atoms with Crippen molar-refractivity contribution in [2.24, 2.45) is 0 Å². The molecule has 0 saturated carbocycles. The fraction of sp³-hybridized carbons (Fsp3) is 0.167. The molecule has 1 aliphatic heterocycles. The Morgan fingerprint density at radius 3 is 2.22 bits per heavy atom. The van der Waals surface area contributed by atoms with Gasteiger partial charge in [0.2, 0.25) is 0 Å². The molecule has 142 valence electrons. The molecule has 27 heavy (non-hydrogen) atoms. The number of ether oxygens (including phenoxy) is 1. The number of rotatable bonds is 2. The van der Waals surface area contributed by atoms with Gasteiger partial charge in [0.1, 0.15) is 12.4 Å². The zero-order chi connectivity index (χ0) is 20.0. The maximum Gasteiger partial charge on any atom is 0.417 e. The summed E-state index contributed by atoms with van der Waals surface area (Å²) >= 11 is 0. The van der Waals surface area contributed by atoms with Gasteiger partial charge in [-0.25, -0.2) is 4.79 Å². The highest BCUT2D eigenvalue weighted by Crippen LogP contribution is 2.43. The molecule has 0 saturated heterocycles. The molecule has 1 N–H and O–H groups in total. The van der Waals surface area contributed by atoms with Gasteiger partial charge in [-0.05, 0) is 47.5 Å². The van der Waals surface area contributed by atoms with E-state index in [1.165, 1.54) is 18.2 Å². The van der Waals surface area contributed by atoms with E-state index in [0.29, 0.717) is 6.07 Å². The van der Waals surface area contributed by atoms with Crippen molar-refractivity contribution in [1.29, 1.82) is 0 Å². The van der Waals surface area contributed by atoms with Crippen LogP contribution in [0.4, 0.5) is 26.3 Å². The van der Waals surface area contributed by atoms with E-state index in [1.54, 1.807) is 0 Å². The Bertz CT molecular complexity index is 941. The van der Waals surface area contributed by atoms with Crippen molar-refractivity contribution in [1.82, 2.24) is 0 Å². The van der Waals surface area contributed by atoms with Crippen molar-refractivity contribution >= 4 is 11.5 Å². The molecule has 0 unspecified atom stereocenters. The summed E-state index contributed by atoms with van der Waals surface area (Å²) in [4.78, 5) is 11.1. The van der Waals surface area contributed by atoms with Crippen molar-refractivity contribution in [3.63, 3.8) is 0 Å². The molecule has 3 nitrogen and oxygen atoms in total. The van der Waals surface area contributed by atoms with Gasteiger partial charge in [0.15, 0.2) is 0 Å². The Kier molecular flexibility index (Phi) is 4.41. The summed E-state index contributed by atoms with van der Waals surface area (Å²) in [5, 5.41) is 9.09. The Hall–Kier alpha value is -2.97. The number of hydrogen-bond acceptors (Lipinski definition) is 2. The van der Waals surface area contributed by atoms with Gasteiger partial charge in [-0.2, -0.15) is 26.3 Å². The topological polar surface area (TPSA) is 46.5 Å². The third kappa shape index (κ3) is 3.62. The lowest BCUT2D eigenvalue weighted by atomic mass is 9.89. The summed E-state index contributed by atoms with van der Waals surface area (Å²) in [7, 11) is 0. The minimum Gasteiger partial charge on any atom is -0.489 e. The normalized spacial score (nSPS) is 14.2. The summed E-state index contributed by atoms with van der Waals surface area (Å²) in [6.45, 7) is -0.104. The molecule has 2 aromatic carbocycles. The maximum atomic E-state index is 13.4. The second-order valence-electron chi connectivity index (χ2n) is 5.70. The monoisotopic (exact) mass is 388 g/mol. The third-order valence-corrected chi connectivity index (χ3v) is 3.99. The Morgan fingerprint density at radius 1 is 0.926 bits per heavy atom. The lowest BCUT2D eigenvalue weighted by molar-refractivity contribution is -0.143. The maximum absolute atomic E-state index is 13.4. The largest absolute Gasteiger partial charge is 0.489 e. The molecule has 1 heterocycles. The Morgan fingerprint density at radius 2 is 1.63 bits per heavy atom. The fourth-order valence-corrected chi connectivity index (χ4v) is 2.77. The van der Waals surface area contributed by atoms with Crippen LogP contribution in [-0.4, -0.2) is 17.7 Å². The molecule has 0 fully saturated rings. The van der Waals surface area contributed by atoms with Gasteiger partial charge in [0, 0.05) is 5.56 Å². The first-order valence-corrected chi connectivity index (χ1v) is 7.48. The second-order valence-corrected chi connectivity index (χ2v) is 5.70. The highest BCUT2D eigenvalue weighted by Gasteiger charge is 2.39. The first-order chi connectivity index (χ1) is 12.5. The summed E-state index contributed by atoms with van der Waals surface area (Å²) in [5.41, 5.74) is -3.54. The number of carboxylic acids is 1. The highest BCUT2D eigenvalue weighted by atomic mass is 19.4. The van der Waals surface area contributed by atoms with Crippen molar-refractivity contribution in [2.75, 3.05) is 6.61 Å². The molecule has 2 aromatic rings. The van der Waals surface area contributed by atoms with E-state index in [9.17, 15) is 31.1 Å². The fourth-order valence-electron chi connectivity index (χ4n) is 2.77. The minimum atomic E-state index is -5.04. The minimum absolute atomic E-state index is 0.0413. The van der Waals surface area contributed by atoms with Gasteiger partial charge in [0.05, 0.1) is 16.7 Å². The van der Waals surface area contributed by atoms with Crippen molar-refractivity contribution < 1.29 is 41.0 Å². The quantitative estimate of drug-likeness (QED) is 0.716. The van der Waals surface area contributed by atoms with E-state index < -0.39 is 35.0 Å². The number of aromatic carboxylic acids is 1. The Labute approximate surface area is 148 Å². The summed E-state index contributed by atoms with van der Waals surface area (Å²) in [6.07, 6.45) is -8.71. The van der Waals surface area contributed by atoms with Gasteiger partial charge in [-0.1, -0.05) is 6.07 Å². The van der Waals surface area contributed by atoms with E-state index in [0.717, 1.165) is 12.1 Å². The number of benzene rings is 2. The van der Waals surface area contributed by atoms with Gasteiger partial charge >= 0.3 is 18.3 Å². The van der Waals surface area contributed by atoms with Crippen LogP contribution in [0.3, 0.4) is 0 Å². The van der Waals surface area contributed by atoms with Crippen LogP contribution in [0, 0.1) is 0 Å². The third-order valence-electron chi connectivity index (χ3n) is 3.99. The van der Waals surface area contributed by atoms with E-state index in [-0.39, 0.29) is 35.1 Å². The van der Waals surface area contributed by atoms with Crippen LogP contribution in [0.1, 0.15) is 32.6 Å². The van der Waals surface area contributed by atoms with Crippen LogP contribution < -0.4 is 4.74 Å². The molecule has 0 amide bonds. The van der Waals surface area contributed by atoms with Crippen LogP contribution in [0.2, 0.25) is 0 Å². The number of carboxylic acid groups (broad SMARTS) is 1. The van der Waals surface area contributed by atoms with E-state index in [4.69, 9.17) is 9.84 Å². The molecule has 9 heteroatoms. The first-order valence-electron chi connectivity index (χ1n) is 7.48. The van der Waals surface area contributed by atoms with Crippen molar-refractivity contribution in [3.05, 3.63) is 70.3 Å². The molecule has 0 aromatic heterocycles. The average Bonchev–Trinajstić information content (AvgIpc) is 2.58.